The predicted molar refractivity (Wildman–Crippen MR) is 98.7 cm³/mol. The van der Waals surface area contributed by atoms with Gasteiger partial charge in [-0.05, 0) is 50.6 Å². The number of aromatic nitrogens is 2. The molecule has 0 spiro atoms. The molecule has 2 aromatic rings. The van der Waals surface area contributed by atoms with Crippen molar-refractivity contribution in [2.45, 2.75) is 20.8 Å². The third-order valence-corrected chi connectivity index (χ3v) is 3.66. The minimum absolute atomic E-state index is 0.590. The summed E-state index contributed by atoms with van der Waals surface area (Å²) in [6.07, 6.45) is 3.51. The zero-order valence-electron chi connectivity index (χ0n) is 14.1. The summed E-state index contributed by atoms with van der Waals surface area (Å²) in [6.45, 7) is 12.8. The van der Waals surface area contributed by atoms with E-state index in [0.717, 1.165) is 24.6 Å². The molecule has 122 valence electrons. The molecule has 1 heterocycles. The Hall–Kier alpha value is -2.56. The Bertz CT molecular complexity index is 650. The van der Waals surface area contributed by atoms with Crippen molar-refractivity contribution in [2.24, 2.45) is 0 Å². The molecule has 5 nitrogen and oxygen atoms in total. The van der Waals surface area contributed by atoms with Crippen LogP contribution in [-0.2, 0) is 0 Å². The van der Waals surface area contributed by atoms with Gasteiger partial charge < -0.3 is 15.5 Å². The fraction of sp³-hybridized carbons (Fsp3) is 0.333. The Morgan fingerprint density at radius 1 is 1.22 bits per heavy atom. The highest BCUT2D eigenvalue weighted by atomic mass is 15.1. The number of benzene rings is 1. The van der Waals surface area contributed by atoms with Gasteiger partial charge in [0, 0.05) is 37.2 Å². The van der Waals surface area contributed by atoms with Gasteiger partial charge in [0.1, 0.15) is 5.82 Å². The van der Waals surface area contributed by atoms with Crippen molar-refractivity contribution in [3.05, 3.63) is 48.7 Å². The van der Waals surface area contributed by atoms with Gasteiger partial charge in [-0.15, -0.1) is 6.58 Å². The van der Waals surface area contributed by atoms with Crippen LogP contribution in [0.2, 0.25) is 0 Å². The standard InChI is InChI=1S/C18H25N5/c1-5-11-19-18-20-12-10-17(22-18)21-16-9-8-15(13-14(16)4)23(6-2)7-3/h5,8-10,12-13H,1,6-7,11H2,2-4H3,(H2,19,20,21,22). The Labute approximate surface area is 138 Å². The fourth-order valence-corrected chi connectivity index (χ4v) is 2.39. The Balaban J connectivity index is 2.15. The highest BCUT2D eigenvalue weighted by Gasteiger charge is 2.06. The zero-order valence-corrected chi connectivity index (χ0v) is 14.1. The Morgan fingerprint density at radius 3 is 2.65 bits per heavy atom. The van der Waals surface area contributed by atoms with Crippen molar-refractivity contribution < 1.29 is 0 Å². The van der Waals surface area contributed by atoms with E-state index in [1.165, 1.54) is 11.3 Å². The maximum Gasteiger partial charge on any atom is 0.224 e. The summed E-state index contributed by atoms with van der Waals surface area (Å²) in [5, 5.41) is 6.44. The second-order valence-corrected chi connectivity index (χ2v) is 5.23. The molecule has 0 aliphatic heterocycles. The maximum atomic E-state index is 4.45. The largest absolute Gasteiger partial charge is 0.372 e. The van der Waals surface area contributed by atoms with E-state index in [2.05, 4.69) is 71.1 Å². The molecule has 0 unspecified atom stereocenters. The van der Waals surface area contributed by atoms with Crippen molar-refractivity contribution >= 4 is 23.1 Å². The van der Waals surface area contributed by atoms with E-state index in [0.29, 0.717) is 12.5 Å². The van der Waals surface area contributed by atoms with Gasteiger partial charge in [-0.1, -0.05) is 6.08 Å². The molecule has 1 aromatic heterocycles. The monoisotopic (exact) mass is 311 g/mol. The Morgan fingerprint density at radius 2 is 2.00 bits per heavy atom. The topological polar surface area (TPSA) is 53.1 Å². The molecule has 2 rings (SSSR count). The van der Waals surface area contributed by atoms with Crippen LogP contribution >= 0.6 is 0 Å². The van der Waals surface area contributed by atoms with Crippen LogP contribution in [0.25, 0.3) is 0 Å². The molecule has 0 aliphatic rings. The van der Waals surface area contributed by atoms with Crippen LogP contribution in [0.4, 0.5) is 23.1 Å². The van der Waals surface area contributed by atoms with E-state index in [4.69, 9.17) is 0 Å². The molecular formula is C18H25N5. The first kappa shape index (κ1) is 16.8. The second kappa shape index (κ2) is 8.17. The summed E-state index contributed by atoms with van der Waals surface area (Å²) < 4.78 is 0. The molecule has 0 bridgehead atoms. The summed E-state index contributed by atoms with van der Waals surface area (Å²) in [7, 11) is 0. The van der Waals surface area contributed by atoms with Gasteiger partial charge >= 0.3 is 0 Å². The highest BCUT2D eigenvalue weighted by Crippen LogP contribution is 2.25. The lowest BCUT2D eigenvalue weighted by atomic mass is 10.1. The summed E-state index contributed by atoms with van der Waals surface area (Å²) >= 11 is 0. The number of anilines is 4. The molecule has 0 radical (unpaired) electrons. The van der Waals surface area contributed by atoms with Gasteiger partial charge in [0.05, 0.1) is 0 Å². The third-order valence-electron chi connectivity index (χ3n) is 3.66. The average molecular weight is 311 g/mol. The normalized spacial score (nSPS) is 10.2. The van der Waals surface area contributed by atoms with Crippen LogP contribution in [0.3, 0.4) is 0 Å². The lowest BCUT2D eigenvalue weighted by molar-refractivity contribution is 0.866. The second-order valence-electron chi connectivity index (χ2n) is 5.23. The minimum atomic E-state index is 0.590. The van der Waals surface area contributed by atoms with Gasteiger partial charge in [-0.3, -0.25) is 0 Å². The van der Waals surface area contributed by atoms with Crippen LogP contribution in [0.5, 0.6) is 0 Å². The number of rotatable bonds is 8. The number of aryl methyl sites for hydroxylation is 1. The van der Waals surface area contributed by atoms with Gasteiger partial charge in [-0.2, -0.15) is 4.98 Å². The molecule has 23 heavy (non-hydrogen) atoms. The molecule has 2 N–H and O–H groups in total. The summed E-state index contributed by atoms with van der Waals surface area (Å²) in [5.74, 6) is 1.36. The maximum absolute atomic E-state index is 4.45. The number of nitrogens with zero attached hydrogens (tertiary/aromatic N) is 3. The van der Waals surface area contributed by atoms with E-state index in [-0.39, 0.29) is 0 Å². The number of nitrogens with one attached hydrogen (secondary N) is 2. The summed E-state index contributed by atoms with van der Waals surface area (Å²) in [6, 6.07) is 8.30. The molecule has 0 atom stereocenters. The molecule has 0 fully saturated rings. The first-order valence-corrected chi connectivity index (χ1v) is 7.98. The first-order chi connectivity index (χ1) is 11.2. The van der Waals surface area contributed by atoms with Crippen molar-refractivity contribution in [2.75, 3.05) is 35.2 Å². The smallest absolute Gasteiger partial charge is 0.224 e. The van der Waals surface area contributed by atoms with E-state index < -0.39 is 0 Å². The summed E-state index contributed by atoms with van der Waals surface area (Å²) in [5.41, 5.74) is 3.48. The van der Waals surface area contributed by atoms with Gasteiger partial charge in [0.15, 0.2) is 0 Å². The predicted octanol–water partition coefficient (Wildman–Crippen LogP) is 3.97. The molecular weight excluding hydrogens is 286 g/mol. The van der Waals surface area contributed by atoms with Gasteiger partial charge in [0.25, 0.3) is 0 Å². The van der Waals surface area contributed by atoms with Crippen LogP contribution in [0.1, 0.15) is 19.4 Å². The zero-order chi connectivity index (χ0) is 16.7. The van der Waals surface area contributed by atoms with Crippen LogP contribution in [0, 0.1) is 6.92 Å². The van der Waals surface area contributed by atoms with Crippen LogP contribution < -0.4 is 15.5 Å². The van der Waals surface area contributed by atoms with Crippen molar-refractivity contribution in [1.29, 1.82) is 0 Å². The molecule has 0 saturated heterocycles. The summed E-state index contributed by atoms with van der Waals surface area (Å²) in [4.78, 5) is 11.0. The third kappa shape index (κ3) is 4.45. The lowest BCUT2D eigenvalue weighted by Crippen LogP contribution is -2.21. The van der Waals surface area contributed by atoms with E-state index in [1.54, 1.807) is 12.3 Å². The van der Waals surface area contributed by atoms with Crippen molar-refractivity contribution in [1.82, 2.24) is 9.97 Å². The van der Waals surface area contributed by atoms with Crippen molar-refractivity contribution in [3.63, 3.8) is 0 Å². The van der Waals surface area contributed by atoms with Gasteiger partial charge in [-0.25, -0.2) is 4.98 Å². The van der Waals surface area contributed by atoms with Gasteiger partial charge in [0.2, 0.25) is 5.95 Å². The molecule has 1 aromatic carbocycles. The van der Waals surface area contributed by atoms with Crippen LogP contribution in [-0.4, -0.2) is 29.6 Å². The van der Waals surface area contributed by atoms with E-state index >= 15 is 0 Å². The number of hydrogen-bond acceptors (Lipinski definition) is 5. The molecule has 0 aliphatic carbocycles. The fourth-order valence-electron chi connectivity index (χ4n) is 2.39. The van der Waals surface area contributed by atoms with Crippen LogP contribution in [0.15, 0.2) is 43.1 Å². The SMILES string of the molecule is C=CCNc1nccc(Nc2ccc(N(CC)CC)cc2C)n1. The van der Waals surface area contributed by atoms with E-state index in [9.17, 15) is 0 Å². The molecule has 0 amide bonds. The number of hydrogen-bond donors (Lipinski definition) is 2. The van der Waals surface area contributed by atoms with Crippen molar-refractivity contribution in [3.8, 4) is 0 Å². The highest BCUT2D eigenvalue weighted by molar-refractivity contribution is 5.65. The first-order valence-electron chi connectivity index (χ1n) is 7.98. The Kier molecular flexibility index (Phi) is 5.97. The van der Waals surface area contributed by atoms with E-state index in [1.807, 2.05) is 6.07 Å². The minimum Gasteiger partial charge on any atom is -0.372 e. The quantitative estimate of drug-likeness (QED) is 0.722. The molecule has 5 heteroatoms. The lowest BCUT2D eigenvalue weighted by Gasteiger charge is -2.22. The molecule has 0 saturated carbocycles. The average Bonchev–Trinajstić information content (AvgIpc) is 2.57.